The average molecular weight is 306 g/mol. The van der Waals surface area contributed by atoms with Crippen molar-refractivity contribution < 1.29 is 13.2 Å². The first kappa shape index (κ1) is 14.0. The molecule has 0 aliphatic carbocycles. The van der Waals surface area contributed by atoms with E-state index in [4.69, 9.17) is 0 Å². The number of alkyl halides is 3. The fourth-order valence-corrected chi connectivity index (χ4v) is 1.72. The molecule has 2 aromatic heterocycles. The maximum absolute atomic E-state index is 12.4. The third kappa shape index (κ3) is 3.03. The van der Waals surface area contributed by atoms with Crippen LogP contribution in [0.2, 0.25) is 0 Å². The van der Waals surface area contributed by atoms with Crippen LogP contribution < -0.4 is 5.43 Å². The molecular weight excluding hydrogens is 297 g/mol. The van der Waals surface area contributed by atoms with E-state index in [0.29, 0.717) is 17.0 Å². The van der Waals surface area contributed by atoms with Crippen molar-refractivity contribution in [3.8, 4) is 0 Å². The van der Waals surface area contributed by atoms with Crippen LogP contribution in [0.15, 0.2) is 47.8 Å². The van der Waals surface area contributed by atoms with Crippen molar-refractivity contribution in [3.05, 3.63) is 53.9 Å². The van der Waals surface area contributed by atoms with Crippen molar-refractivity contribution in [2.45, 2.75) is 6.18 Å². The average Bonchev–Trinajstić information content (AvgIpc) is 2.94. The van der Waals surface area contributed by atoms with E-state index in [2.05, 4.69) is 25.8 Å². The van der Waals surface area contributed by atoms with E-state index in [1.807, 2.05) is 0 Å². The zero-order valence-corrected chi connectivity index (χ0v) is 11.0. The summed E-state index contributed by atoms with van der Waals surface area (Å²) in [5.41, 5.74) is 3.11. The van der Waals surface area contributed by atoms with Gasteiger partial charge in [-0.05, 0) is 29.8 Å². The van der Waals surface area contributed by atoms with Gasteiger partial charge in [-0.3, -0.25) is 5.43 Å². The van der Waals surface area contributed by atoms with Gasteiger partial charge < -0.3 is 0 Å². The molecule has 0 amide bonds. The molecular formula is C13H9F3N6. The molecule has 3 rings (SSSR count). The Morgan fingerprint density at radius 3 is 2.59 bits per heavy atom. The van der Waals surface area contributed by atoms with Crippen LogP contribution in [0, 0.1) is 0 Å². The highest BCUT2D eigenvalue weighted by Gasteiger charge is 2.29. The van der Waals surface area contributed by atoms with E-state index < -0.39 is 11.7 Å². The summed E-state index contributed by atoms with van der Waals surface area (Å²) in [5, 5.41) is 15.6. The van der Waals surface area contributed by atoms with Gasteiger partial charge >= 0.3 is 6.18 Å². The molecule has 0 fully saturated rings. The van der Waals surface area contributed by atoms with Gasteiger partial charge in [-0.2, -0.15) is 22.8 Å². The van der Waals surface area contributed by atoms with Crippen molar-refractivity contribution in [2.24, 2.45) is 5.10 Å². The smallest absolute Gasteiger partial charge is 0.260 e. The number of benzene rings is 1. The third-order valence-electron chi connectivity index (χ3n) is 2.79. The lowest BCUT2D eigenvalue weighted by Crippen LogP contribution is -2.04. The standard InChI is InChI=1S/C13H9F3N6/c14-13(15,16)10-3-1-9(2-4-10)7-17-19-11-5-6-12-20-18-8-22(12)21-11/h1-8H,(H,19,21)/b17-7+. The molecule has 3 aromatic rings. The van der Waals surface area contributed by atoms with Crippen molar-refractivity contribution in [1.29, 1.82) is 0 Å². The summed E-state index contributed by atoms with van der Waals surface area (Å²) in [7, 11) is 0. The Hall–Kier alpha value is -2.97. The van der Waals surface area contributed by atoms with Gasteiger partial charge in [0.1, 0.15) is 6.33 Å². The molecule has 0 atom stereocenters. The maximum Gasteiger partial charge on any atom is 0.416 e. The summed E-state index contributed by atoms with van der Waals surface area (Å²) < 4.78 is 38.7. The Morgan fingerprint density at radius 1 is 1.09 bits per heavy atom. The molecule has 0 unspecified atom stereocenters. The maximum atomic E-state index is 12.4. The summed E-state index contributed by atoms with van der Waals surface area (Å²) in [5.74, 6) is 0.454. The lowest BCUT2D eigenvalue weighted by Gasteiger charge is -2.05. The molecule has 6 nitrogen and oxygen atoms in total. The highest BCUT2D eigenvalue weighted by atomic mass is 19.4. The monoisotopic (exact) mass is 306 g/mol. The summed E-state index contributed by atoms with van der Waals surface area (Å²) in [6.45, 7) is 0. The second kappa shape index (κ2) is 5.43. The number of hydrogen-bond acceptors (Lipinski definition) is 5. The van der Waals surface area contributed by atoms with Gasteiger partial charge in [-0.1, -0.05) is 12.1 Å². The van der Waals surface area contributed by atoms with Crippen molar-refractivity contribution in [2.75, 3.05) is 5.43 Å². The second-order valence-electron chi connectivity index (χ2n) is 4.34. The Kier molecular flexibility index (Phi) is 3.45. The van der Waals surface area contributed by atoms with Gasteiger partial charge in [0.25, 0.3) is 0 Å². The molecule has 0 bridgehead atoms. The first-order valence-electron chi connectivity index (χ1n) is 6.16. The van der Waals surface area contributed by atoms with Crippen LogP contribution in [0.5, 0.6) is 0 Å². The fourth-order valence-electron chi connectivity index (χ4n) is 1.72. The highest BCUT2D eigenvalue weighted by molar-refractivity contribution is 5.80. The molecule has 112 valence electrons. The van der Waals surface area contributed by atoms with Gasteiger partial charge in [0.15, 0.2) is 11.5 Å². The van der Waals surface area contributed by atoms with Gasteiger partial charge in [-0.15, -0.1) is 15.3 Å². The minimum absolute atomic E-state index is 0.454. The number of nitrogens with one attached hydrogen (secondary N) is 1. The van der Waals surface area contributed by atoms with Crippen molar-refractivity contribution in [3.63, 3.8) is 0 Å². The Morgan fingerprint density at radius 2 is 1.86 bits per heavy atom. The minimum Gasteiger partial charge on any atom is -0.260 e. The quantitative estimate of drug-likeness (QED) is 0.596. The van der Waals surface area contributed by atoms with Crippen LogP contribution >= 0.6 is 0 Å². The van der Waals surface area contributed by atoms with E-state index in [-0.39, 0.29) is 0 Å². The zero-order valence-electron chi connectivity index (χ0n) is 11.0. The molecule has 22 heavy (non-hydrogen) atoms. The molecule has 1 N–H and O–H groups in total. The number of aromatic nitrogens is 4. The fraction of sp³-hybridized carbons (Fsp3) is 0.0769. The van der Waals surface area contributed by atoms with Crippen LogP contribution in [0.3, 0.4) is 0 Å². The van der Waals surface area contributed by atoms with E-state index in [0.717, 1.165) is 12.1 Å². The predicted molar refractivity (Wildman–Crippen MR) is 73.4 cm³/mol. The van der Waals surface area contributed by atoms with Crippen LogP contribution in [0.1, 0.15) is 11.1 Å². The lowest BCUT2D eigenvalue weighted by atomic mass is 10.1. The summed E-state index contributed by atoms with van der Waals surface area (Å²) in [6, 6.07) is 8.05. The molecule has 0 saturated heterocycles. The predicted octanol–water partition coefficient (Wildman–Crippen LogP) is 2.59. The van der Waals surface area contributed by atoms with E-state index >= 15 is 0 Å². The normalized spacial score (nSPS) is 12.1. The molecule has 9 heteroatoms. The molecule has 0 aliphatic heterocycles. The van der Waals surface area contributed by atoms with E-state index in [1.165, 1.54) is 29.2 Å². The largest absolute Gasteiger partial charge is 0.416 e. The Labute approximate surface area is 122 Å². The van der Waals surface area contributed by atoms with Gasteiger partial charge in [0, 0.05) is 0 Å². The van der Waals surface area contributed by atoms with Gasteiger partial charge in [0.05, 0.1) is 11.8 Å². The number of hydrazone groups is 1. The van der Waals surface area contributed by atoms with Crippen molar-refractivity contribution in [1.82, 2.24) is 19.8 Å². The van der Waals surface area contributed by atoms with Crippen LogP contribution in [-0.2, 0) is 6.18 Å². The Bertz CT molecular complexity index is 807. The number of anilines is 1. The zero-order chi connectivity index (χ0) is 15.6. The number of rotatable bonds is 3. The molecule has 0 radical (unpaired) electrons. The summed E-state index contributed by atoms with van der Waals surface area (Å²) in [6.07, 6.45) is -1.50. The number of nitrogens with zero attached hydrogens (tertiary/aromatic N) is 5. The minimum atomic E-state index is -4.34. The first-order valence-corrected chi connectivity index (χ1v) is 6.16. The first-order chi connectivity index (χ1) is 10.5. The van der Waals surface area contributed by atoms with Crippen molar-refractivity contribution >= 4 is 17.7 Å². The van der Waals surface area contributed by atoms with E-state index in [1.54, 1.807) is 12.1 Å². The number of hydrogen-bond donors (Lipinski definition) is 1. The Balaban J connectivity index is 1.68. The van der Waals surface area contributed by atoms with E-state index in [9.17, 15) is 13.2 Å². The number of halogens is 3. The molecule has 1 aromatic carbocycles. The third-order valence-corrected chi connectivity index (χ3v) is 2.79. The van der Waals surface area contributed by atoms with Gasteiger partial charge in [0.2, 0.25) is 0 Å². The van der Waals surface area contributed by atoms with Crippen LogP contribution in [0.25, 0.3) is 5.65 Å². The molecule has 0 aliphatic rings. The van der Waals surface area contributed by atoms with Crippen LogP contribution in [-0.4, -0.2) is 26.0 Å². The number of fused-ring (bicyclic) bond motifs is 1. The second-order valence-corrected chi connectivity index (χ2v) is 4.34. The molecule has 0 saturated carbocycles. The summed E-state index contributed by atoms with van der Waals surface area (Å²) in [4.78, 5) is 0. The molecule has 0 spiro atoms. The highest BCUT2D eigenvalue weighted by Crippen LogP contribution is 2.28. The van der Waals surface area contributed by atoms with Gasteiger partial charge in [-0.25, -0.2) is 0 Å². The summed E-state index contributed by atoms with van der Waals surface area (Å²) >= 11 is 0. The molecule has 2 heterocycles. The lowest BCUT2D eigenvalue weighted by molar-refractivity contribution is -0.137. The van der Waals surface area contributed by atoms with Crippen LogP contribution in [0.4, 0.5) is 19.0 Å². The topological polar surface area (TPSA) is 67.5 Å². The SMILES string of the molecule is FC(F)(F)c1ccc(/C=N/Nc2ccc3nncn3n2)cc1.